The molecule has 0 atom stereocenters. The first kappa shape index (κ1) is 12.6. The van der Waals surface area contributed by atoms with Gasteiger partial charge in [0.05, 0.1) is 0 Å². The van der Waals surface area contributed by atoms with Gasteiger partial charge in [0.2, 0.25) is 0 Å². The van der Waals surface area contributed by atoms with Crippen LogP contribution in [0.15, 0.2) is 12.1 Å². The fourth-order valence-corrected chi connectivity index (χ4v) is 2.31. The van der Waals surface area contributed by atoms with E-state index in [0.717, 1.165) is 19.6 Å². The van der Waals surface area contributed by atoms with Gasteiger partial charge in [-0.15, -0.1) is 11.3 Å². The van der Waals surface area contributed by atoms with E-state index in [-0.39, 0.29) is 0 Å². The van der Waals surface area contributed by atoms with Gasteiger partial charge in [0.1, 0.15) is 0 Å². The molecule has 1 aromatic rings. The molecule has 0 saturated carbocycles. The van der Waals surface area contributed by atoms with Gasteiger partial charge in [0, 0.05) is 35.9 Å². The van der Waals surface area contributed by atoms with Crippen molar-refractivity contribution in [3.63, 3.8) is 0 Å². The highest BCUT2D eigenvalue weighted by Gasteiger charge is 2.03. The average molecular weight is 227 g/mol. The molecule has 0 fully saturated rings. The Morgan fingerprint density at radius 1 is 1.13 bits per heavy atom. The van der Waals surface area contributed by atoms with E-state index in [1.54, 1.807) is 0 Å². The summed E-state index contributed by atoms with van der Waals surface area (Å²) < 4.78 is 0. The molecule has 0 amide bonds. The van der Waals surface area contributed by atoms with E-state index < -0.39 is 0 Å². The summed E-state index contributed by atoms with van der Waals surface area (Å²) in [6.45, 7) is 3.89. The molecule has 0 spiro atoms. The summed E-state index contributed by atoms with van der Waals surface area (Å²) in [5.41, 5.74) is 5.58. The van der Waals surface area contributed by atoms with E-state index >= 15 is 0 Å². The van der Waals surface area contributed by atoms with Gasteiger partial charge >= 0.3 is 0 Å². The third kappa shape index (κ3) is 4.75. The second-order valence-electron chi connectivity index (χ2n) is 4.11. The lowest BCUT2D eigenvalue weighted by Gasteiger charge is -2.18. The summed E-state index contributed by atoms with van der Waals surface area (Å²) in [5.74, 6) is 0. The zero-order chi connectivity index (χ0) is 11.3. The van der Waals surface area contributed by atoms with Crippen molar-refractivity contribution < 1.29 is 0 Å². The topological polar surface area (TPSA) is 32.5 Å². The van der Waals surface area contributed by atoms with Gasteiger partial charge < -0.3 is 15.5 Å². The molecule has 4 heteroatoms. The van der Waals surface area contributed by atoms with Gasteiger partial charge in [-0.25, -0.2) is 0 Å². The van der Waals surface area contributed by atoms with Gasteiger partial charge in [-0.3, -0.25) is 0 Å². The Kier molecular flexibility index (Phi) is 5.25. The van der Waals surface area contributed by atoms with E-state index in [0.29, 0.717) is 6.54 Å². The Labute approximate surface area is 96.5 Å². The minimum Gasteiger partial charge on any atom is -0.326 e. The number of nitrogens with two attached hydrogens (primary N) is 1. The van der Waals surface area contributed by atoms with Crippen molar-refractivity contribution in [1.82, 2.24) is 9.80 Å². The van der Waals surface area contributed by atoms with E-state index in [4.69, 9.17) is 5.73 Å². The van der Waals surface area contributed by atoms with Crippen molar-refractivity contribution in [2.45, 2.75) is 13.1 Å². The van der Waals surface area contributed by atoms with Crippen LogP contribution in [0.2, 0.25) is 0 Å². The van der Waals surface area contributed by atoms with Crippen LogP contribution in [0.3, 0.4) is 0 Å². The summed E-state index contributed by atoms with van der Waals surface area (Å²) in [5, 5.41) is 0. The maximum Gasteiger partial charge on any atom is 0.0325 e. The second-order valence-corrected chi connectivity index (χ2v) is 5.37. The molecule has 0 aliphatic heterocycles. The van der Waals surface area contributed by atoms with Crippen LogP contribution in [0.25, 0.3) is 0 Å². The zero-order valence-electron chi connectivity index (χ0n) is 9.86. The molecule has 0 aliphatic carbocycles. The van der Waals surface area contributed by atoms with E-state index in [2.05, 4.69) is 43.1 Å². The fraction of sp³-hybridized carbons (Fsp3) is 0.636. The standard InChI is InChI=1S/C11H21N3S/c1-13(2)6-7-14(3)9-11-5-4-10(8-12)15-11/h4-5H,6-9,12H2,1-3H3. The van der Waals surface area contributed by atoms with Crippen LogP contribution in [0.4, 0.5) is 0 Å². The van der Waals surface area contributed by atoms with Gasteiger partial charge in [0.25, 0.3) is 0 Å². The minimum atomic E-state index is 0.659. The number of nitrogens with zero attached hydrogens (tertiary/aromatic N) is 2. The van der Waals surface area contributed by atoms with Crippen molar-refractivity contribution in [2.24, 2.45) is 5.73 Å². The average Bonchev–Trinajstić information content (AvgIpc) is 2.62. The number of thiophene rings is 1. The Bertz CT molecular complexity index is 283. The summed E-state index contributed by atoms with van der Waals surface area (Å²) >= 11 is 1.82. The second kappa shape index (κ2) is 6.23. The van der Waals surface area contributed by atoms with Crippen LogP contribution in [0.5, 0.6) is 0 Å². The van der Waals surface area contributed by atoms with Crippen LogP contribution in [-0.4, -0.2) is 44.0 Å². The van der Waals surface area contributed by atoms with E-state index in [1.165, 1.54) is 9.75 Å². The van der Waals surface area contributed by atoms with Crippen LogP contribution in [0, 0.1) is 0 Å². The molecule has 1 heterocycles. The molecule has 0 radical (unpaired) electrons. The predicted octanol–water partition coefficient (Wildman–Crippen LogP) is 1.20. The van der Waals surface area contributed by atoms with Gasteiger partial charge in [-0.2, -0.15) is 0 Å². The number of likely N-dealkylation sites (N-methyl/N-ethyl adjacent to an activating group) is 2. The largest absolute Gasteiger partial charge is 0.326 e. The molecule has 0 unspecified atom stereocenters. The molecule has 15 heavy (non-hydrogen) atoms. The van der Waals surface area contributed by atoms with Crippen LogP contribution in [-0.2, 0) is 13.1 Å². The lowest BCUT2D eigenvalue weighted by Crippen LogP contribution is -2.28. The maximum absolute atomic E-state index is 5.58. The molecule has 86 valence electrons. The molecular formula is C11H21N3S. The third-order valence-corrected chi connectivity index (χ3v) is 3.37. The predicted molar refractivity (Wildman–Crippen MR) is 67.1 cm³/mol. The summed E-state index contributed by atoms with van der Waals surface area (Å²) in [6, 6.07) is 4.30. The van der Waals surface area contributed by atoms with Gasteiger partial charge in [0.15, 0.2) is 0 Å². The highest BCUT2D eigenvalue weighted by atomic mass is 32.1. The Morgan fingerprint density at radius 3 is 2.33 bits per heavy atom. The summed E-state index contributed by atoms with van der Waals surface area (Å²) in [4.78, 5) is 7.21. The Hall–Kier alpha value is -0.420. The number of hydrogen-bond acceptors (Lipinski definition) is 4. The molecular weight excluding hydrogens is 206 g/mol. The Morgan fingerprint density at radius 2 is 1.80 bits per heavy atom. The van der Waals surface area contributed by atoms with Gasteiger partial charge in [-0.1, -0.05) is 0 Å². The van der Waals surface area contributed by atoms with Crippen LogP contribution in [0.1, 0.15) is 9.75 Å². The monoisotopic (exact) mass is 227 g/mol. The molecule has 3 nitrogen and oxygen atoms in total. The Balaban J connectivity index is 2.33. The molecule has 2 N–H and O–H groups in total. The van der Waals surface area contributed by atoms with Crippen molar-refractivity contribution in [3.8, 4) is 0 Å². The van der Waals surface area contributed by atoms with Crippen molar-refractivity contribution in [3.05, 3.63) is 21.9 Å². The lowest BCUT2D eigenvalue weighted by atomic mass is 10.4. The fourth-order valence-electron chi connectivity index (χ4n) is 1.33. The number of rotatable bonds is 6. The molecule has 0 aliphatic rings. The number of hydrogen-bond donors (Lipinski definition) is 1. The van der Waals surface area contributed by atoms with Crippen molar-refractivity contribution in [2.75, 3.05) is 34.2 Å². The van der Waals surface area contributed by atoms with E-state index in [9.17, 15) is 0 Å². The normalized spacial score (nSPS) is 11.6. The smallest absolute Gasteiger partial charge is 0.0325 e. The molecule has 1 aromatic heterocycles. The maximum atomic E-state index is 5.58. The molecule has 0 bridgehead atoms. The summed E-state index contributed by atoms with van der Waals surface area (Å²) in [7, 11) is 6.36. The molecule has 1 rings (SSSR count). The van der Waals surface area contributed by atoms with Crippen molar-refractivity contribution >= 4 is 11.3 Å². The van der Waals surface area contributed by atoms with Crippen molar-refractivity contribution in [1.29, 1.82) is 0 Å². The zero-order valence-corrected chi connectivity index (χ0v) is 10.7. The first-order valence-corrected chi connectivity index (χ1v) is 6.04. The highest BCUT2D eigenvalue weighted by molar-refractivity contribution is 7.11. The van der Waals surface area contributed by atoms with Crippen LogP contribution < -0.4 is 5.73 Å². The first-order valence-electron chi connectivity index (χ1n) is 5.22. The lowest BCUT2D eigenvalue weighted by molar-refractivity contribution is 0.278. The summed E-state index contributed by atoms with van der Waals surface area (Å²) in [6.07, 6.45) is 0. The van der Waals surface area contributed by atoms with Crippen LogP contribution >= 0.6 is 11.3 Å². The van der Waals surface area contributed by atoms with E-state index in [1.807, 2.05) is 11.3 Å². The molecule has 0 aromatic carbocycles. The highest BCUT2D eigenvalue weighted by Crippen LogP contribution is 2.17. The van der Waals surface area contributed by atoms with Gasteiger partial charge in [-0.05, 0) is 33.3 Å². The SMILES string of the molecule is CN(C)CCN(C)Cc1ccc(CN)s1. The first-order chi connectivity index (χ1) is 7.11. The minimum absolute atomic E-state index is 0.659. The third-order valence-electron chi connectivity index (χ3n) is 2.27. The molecule has 0 saturated heterocycles. The quantitative estimate of drug-likeness (QED) is 0.792.